The van der Waals surface area contributed by atoms with Gasteiger partial charge in [-0.05, 0) is 30.9 Å². The molecule has 6 nitrogen and oxygen atoms in total. The van der Waals surface area contributed by atoms with Gasteiger partial charge in [-0.3, -0.25) is 20.0 Å². The van der Waals surface area contributed by atoms with Crippen LogP contribution in [0, 0.1) is 5.92 Å². The van der Waals surface area contributed by atoms with Crippen molar-refractivity contribution in [1.82, 2.24) is 10.7 Å². The highest BCUT2D eigenvalue weighted by molar-refractivity contribution is 6.39. The molecule has 0 spiro atoms. The highest BCUT2D eigenvalue weighted by Gasteiger charge is 2.27. The molecule has 0 atom stereocenters. The van der Waals surface area contributed by atoms with Crippen LogP contribution in [-0.4, -0.2) is 30.7 Å². The Hall–Kier alpha value is -2.37. The fourth-order valence-corrected chi connectivity index (χ4v) is 1.97. The maximum Gasteiger partial charge on any atom is 0.288 e. The summed E-state index contributed by atoms with van der Waals surface area (Å²) in [5, 5.41) is 4.19. The van der Waals surface area contributed by atoms with E-state index in [0.717, 1.165) is 0 Å². The first kappa shape index (κ1) is 12.7. The SMILES string of the molecule is O=C(NCC1CC1)C1=NCC(=O)N(c2ccccc2)N1. The van der Waals surface area contributed by atoms with Crippen LogP contribution in [0.2, 0.25) is 0 Å². The van der Waals surface area contributed by atoms with Gasteiger partial charge in [0.1, 0.15) is 6.54 Å². The van der Waals surface area contributed by atoms with Crippen LogP contribution in [0.25, 0.3) is 0 Å². The topological polar surface area (TPSA) is 73.8 Å². The Kier molecular flexibility index (Phi) is 3.37. The van der Waals surface area contributed by atoms with E-state index in [9.17, 15) is 9.59 Å². The maximum atomic E-state index is 12.0. The summed E-state index contributed by atoms with van der Waals surface area (Å²) in [4.78, 5) is 27.8. The van der Waals surface area contributed by atoms with E-state index in [1.807, 2.05) is 18.2 Å². The molecule has 0 unspecified atom stereocenters. The van der Waals surface area contributed by atoms with Crippen LogP contribution in [0.5, 0.6) is 0 Å². The van der Waals surface area contributed by atoms with Crippen molar-refractivity contribution >= 4 is 23.3 Å². The van der Waals surface area contributed by atoms with Crippen molar-refractivity contribution in [2.75, 3.05) is 18.1 Å². The fraction of sp³-hybridized carbons (Fsp3) is 0.357. The van der Waals surface area contributed by atoms with Gasteiger partial charge in [-0.15, -0.1) is 0 Å². The minimum atomic E-state index is -0.259. The van der Waals surface area contributed by atoms with Gasteiger partial charge < -0.3 is 5.32 Å². The van der Waals surface area contributed by atoms with Crippen molar-refractivity contribution in [3.63, 3.8) is 0 Å². The summed E-state index contributed by atoms with van der Waals surface area (Å²) < 4.78 is 0. The second-order valence-corrected chi connectivity index (χ2v) is 4.99. The number of nitrogens with one attached hydrogen (secondary N) is 2. The van der Waals surface area contributed by atoms with Crippen molar-refractivity contribution in [3.8, 4) is 0 Å². The first-order chi connectivity index (χ1) is 9.74. The van der Waals surface area contributed by atoms with E-state index in [1.165, 1.54) is 17.9 Å². The predicted octanol–water partition coefficient (Wildman–Crippen LogP) is 0.462. The standard InChI is InChI=1S/C14H16N4O2/c19-12-9-15-13(14(20)16-8-10-6-7-10)17-18(12)11-4-2-1-3-5-11/h1-5,10H,6-9H2,(H,15,17)(H,16,20). The lowest BCUT2D eigenvalue weighted by Crippen LogP contribution is -2.55. The predicted molar refractivity (Wildman–Crippen MR) is 75.1 cm³/mol. The lowest BCUT2D eigenvalue weighted by Gasteiger charge is -2.27. The number of nitrogens with zero attached hydrogens (tertiary/aromatic N) is 2. The van der Waals surface area contributed by atoms with Gasteiger partial charge in [0.25, 0.3) is 11.8 Å². The van der Waals surface area contributed by atoms with Crippen LogP contribution >= 0.6 is 0 Å². The third kappa shape index (κ3) is 2.79. The van der Waals surface area contributed by atoms with E-state index in [-0.39, 0.29) is 24.2 Å². The van der Waals surface area contributed by atoms with Crippen LogP contribution in [0.15, 0.2) is 35.3 Å². The van der Waals surface area contributed by atoms with Crippen LogP contribution in [0.4, 0.5) is 5.69 Å². The number of anilines is 1. The molecule has 104 valence electrons. The normalized spacial score (nSPS) is 18.3. The summed E-state index contributed by atoms with van der Waals surface area (Å²) in [5.74, 6) is 0.351. The first-order valence-corrected chi connectivity index (χ1v) is 6.71. The molecule has 20 heavy (non-hydrogen) atoms. The zero-order valence-corrected chi connectivity index (χ0v) is 11.0. The summed E-state index contributed by atoms with van der Waals surface area (Å²) >= 11 is 0. The number of hydrogen-bond donors (Lipinski definition) is 2. The highest BCUT2D eigenvalue weighted by atomic mass is 16.2. The van der Waals surface area contributed by atoms with E-state index >= 15 is 0 Å². The molecule has 0 bridgehead atoms. The molecule has 1 aromatic carbocycles. The Morgan fingerprint density at radius 3 is 2.80 bits per heavy atom. The van der Waals surface area contributed by atoms with Gasteiger partial charge in [0, 0.05) is 6.54 Å². The van der Waals surface area contributed by atoms with Crippen LogP contribution in [0.3, 0.4) is 0 Å². The molecule has 0 radical (unpaired) electrons. The quantitative estimate of drug-likeness (QED) is 0.836. The van der Waals surface area contributed by atoms with Gasteiger partial charge in [-0.25, -0.2) is 5.01 Å². The molecule has 3 rings (SSSR count). The molecule has 1 heterocycles. The molecule has 1 fully saturated rings. The van der Waals surface area contributed by atoms with E-state index in [2.05, 4.69) is 15.7 Å². The Labute approximate surface area is 116 Å². The maximum absolute atomic E-state index is 12.0. The third-order valence-corrected chi connectivity index (χ3v) is 3.32. The van der Waals surface area contributed by atoms with E-state index in [0.29, 0.717) is 18.2 Å². The van der Waals surface area contributed by atoms with Crippen molar-refractivity contribution in [1.29, 1.82) is 0 Å². The van der Waals surface area contributed by atoms with Gasteiger partial charge in [0.2, 0.25) is 5.84 Å². The van der Waals surface area contributed by atoms with E-state index in [1.54, 1.807) is 12.1 Å². The monoisotopic (exact) mass is 272 g/mol. The Morgan fingerprint density at radius 1 is 1.35 bits per heavy atom. The molecular weight excluding hydrogens is 256 g/mol. The number of hydrazine groups is 1. The zero-order valence-electron chi connectivity index (χ0n) is 11.0. The van der Waals surface area contributed by atoms with Crippen LogP contribution in [0.1, 0.15) is 12.8 Å². The lowest BCUT2D eigenvalue weighted by molar-refractivity contribution is -0.118. The van der Waals surface area contributed by atoms with Crippen molar-refractivity contribution in [3.05, 3.63) is 30.3 Å². The second kappa shape index (κ2) is 5.32. The minimum Gasteiger partial charge on any atom is -0.349 e. The smallest absolute Gasteiger partial charge is 0.288 e. The minimum absolute atomic E-state index is 0.0198. The molecule has 1 aromatic rings. The molecule has 2 aliphatic rings. The third-order valence-electron chi connectivity index (χ3n) is 3.32. The average molecular weight is 272 g/mol. The number of amides is 2. The molecule has 1 saturated carbocycles. The summed E-state index contributed by atoms with van der Waals surface area (Å²) in [6, 6.07) is 9.15. The molecule has 0 saturated heterocycles. The number of carbonyl (C=O) groups is 2. The Bertz CT molecular complexity index is 552. The van der Waals surface area contributed by atoms with Gasteiger partial charge in [-0.2, -0.15) is 0 Å². The summed E-state index contributed by atoms with van der Waals surface area (Å²) in [6.07, 6.45) is 2.35. The van der Waals surface area contributed by atoms with E-state index in [4.69, 9.17) is 0 Å². The molecule has 2 amide bonds. The number of amidine groups is 1. The number of aliphatic imine (C=N–C) groups is 1. The summed E-state index contributed by atoms with van der Waals surface area (Å²) in [7, 11) is 0. The highest BCUT2D eigenvalue weighted by Crippen LogP contribution is 2.27. The Balaban J connectivity index is 1.67. The molecule has 0 aromatic heterocycles. The van der Waals surface area contributed by atoms with Gasteiger partial charge in [0.15, 0.2) is 0 Å². The molecular formula is C14H16N4O2. The number of rotatable bonds is 4. The summed E-state index contributed by atoms with van der Waals surface area (Å²) in [6.45, 7) is 0.660. The molecule has 2 N–H and O–H groups in total. The zero-order chi connectivity index (χ0) is 13.9. The van der Waals surface area contributed by atoms with Crippen molar-refractivity contribution in [2.45, 2.75) is 12.8 Å². The van der Waals surface area contributed by atoms with Crippen LogP contribution in [-0.2, 0) is 9.59 Å². The largest absolute Gasteiger partial charge is 0.349 e. The van der Waals surface area contributed by atoms with Gasteiger partial charge in [-0.1, -0.05) is 18.2 Å². The molecule has 1 aliphatic heterocycles. The van der Waals surface area contributed by atoms with Crippen LogP contribution < -0.4 is 15.8 Å². The van der Waals surface area contributed by atoms with Gasteiger partial charge in [0.05, 0.1) is 5.69 Å². The fourth-order valence-electron chi connectivity index (χ4n) is 1.97. The number of benzene rings is 1. The van der Waals surface area contributed by atoms with E-state index < -0.39 is 0 Å². The average Bonchev–Trinajstić information content (AvgIpc) is 3.30. The summed E-state index contributed by atoms with van der Waals surface area (Å²) in [5.41, 5.74) is 3.48. The molecule has 1 aliphatic carbocycles. The lowest BCUT2D eigenvalue weighted by atomic mass is 10.3. The number of carbonyl (C=O) groups excluding carboxylic acids is 2. The van der Waals surface area contributed by atoms with Crippen molar-refractivity contribution < 1.29 is 9.59 Å². The number of para-hydroxylation sites is 1. The Morgan fingerprint density at radius 2 is 2.10 bits per heavy atom. The van der Waals surface area contributed by atoms with Crippen molar-refractivity contribution in [2.24, 2.45) is 10.9 Å². The molecule has 6 heteroatoms. The second-order valence-electron chi connectivity index (χ2n) is 4.99. The number of hydrogen-bond acceptors (Lipinski definition) is 4. The van der Waals surface area contributed by atoms with Gasteiger partial charge >= 0.3 is 0 Å². The first-order valence-electron chi connectivity index (χ1n) is 6.71.